The second-order valence-corrected chi connectivity index (χ2v) is 10.6. The summed E-state index contributed by atoms with van der Waals surface area (Å²) >= 11 is 0. The second kappa shape index (κ2) is 7.02. The van der Waals surface area contributed by atoms with Gasteiger partial charge in [0.1, 0.15) is 24.1 Å². The van der Waals surface area contributed by atoms with Crippen molar-refractivity contribution >= 4 is 27.0 Å². The average Bonchev–Trinajstić information content (AvgIpc) is 2.87. The van der Waals surface area contributed by atoms with Gasteiger partial charge in [0, 0.05) is 17.3 Å². The minimum atomic E-state index is -0.625. The molecule has 2 aromatic heterocycles. The number of hydrogen-bond acceptors (Lipinski definition) is 5. The lowest BCUT2D eigenvalue weighted by Gasteiger charge is -2.24. The zero-order valence-corrected chi connectivity index (χ0v) is 14.6. The molecule has 124 valence electrons. The Morgan fingerprint density at radius 3 is 2.74 bits per heavy atom. The van der Waals surface area contributed by atoms with Gasteiger partial charge in [-0.05, 0) is 30.9 Å². The van der Waals surface area contributed by atoms with Crippen LogP contribution in [0.3, 0.4) is 0 Å². The molecule has 7 heteroatoms. The van der Waals surface area contributed by atoms with Crippen molar-refractivity contribution in [3.8, 4) is 6.07 Å². The number of aromatic nitrogens is 2. The van der Waals surface area contributed by atoms with E-state index in [1.54, 1.807) is 16.7 Å². The summed E-state index contributed by atoms with van der Waals surface area (Å²) in [6.07, 6.45) is 8.17. The zero-order valence-electron chi connectivity index (χ0n) is 13.8. The normalized spacial score (nSPS) is 12.1. The van der Waals surface area contributed by atoms with E-state index in [1.807, 2.05) is 6.07 Å². The molecule has 0 unspecified atom stereocenters. The van der Waals surface area contributed by atoms with Gasteiger partial charge in [0.05, 0.1) is 19.3 Å². The summed E-state index contributed by atoms with van der Waals surface area (Å²) < 4.78 is 12.2. The zero-order chi connectivity index (χ0) is 17.0. The van der Waals surface area contributed by atoms with Crippen molar-refractivity contribution in [1.29, 1.82) is 5.26 Å². The van der Waals surface area contributed by atoms with Gasteiger partial charge in [0.2, 0.25) is 0 Å². The fourth-order valence-electron chi connectivity index (χ4n) is 2.08. The van der Waals surface area contributed by atoms with E-state index in [9.17, 15) is 4.79 Å². The lowest BCUT2D eigenvalue weighted by atomic mass is 10.2. The van der Waals surface area contributed by atoms with Crippen LogP contribution in [-0.2, 0) is 16.2 Å². The third kappa shape index (κ3) is 4.24. The van der Waals surface area contributed by atoms with Gasteiger partial charge in [-0.1, -0.05) is 0 Å². The van der Waals surface area contributed by atoms with Crippen LogP contribution < -0.4 is 0 Å². The number of nitriles is 1. The van der Waals surface area contributed by atoms with Crippen LogP contribution in [0, 0.1) is 11.3 Å². The predicted molar refractivity (Wildman–Crippen MR) is 92.0 cm³/mol. The fourth-order valence-corrected chi connectivity index (χ4v) is 2.69. The van der Waals surface area contributed by atoms with E-state index >= 15 is 0 Å². The van der Waals surface area contributed by atoms with E-state index < -0.39 is 16.0 Å². The Labute approximate surface area is 137 Å². The molecule has 0 saturated heterocycles. The van der Waals surface area contributed by atoms with E-state index in [0.717, 1.165) is 11.1 Å². The van der Waals surface area contributed by atoms with Gasteiger partial charge in [-0.2, -0.15) is 5.26 Å². The van der Waals surface area contributed by atoms with Gasteiger partial charge >= 0.3 is 5.97 Å². The van der Waals surface area contributed by atoms with Crippen molar-refractivity contribution in [2.75, 3.05) is 38.2 Å². The quantitative estimate of drug-likeness (QED) is 0.598. The lowest BCUT2D eigenvalue weighted by molar-refractivity contribution is 0.0548. The van der Waals surface area contributed by atoms with Crippen LogP contribution in [0.1, 0.15) is 16.1 Å². The Bertz CT molecular complexity index is 756. The summed E-state index contributed by atoms with van der Waals surface area (Å²) in [5.41, 5.74) is 1.42. The summed E-state index contributed by atoms with van der Waals surface area (Å²) in [5.74, 6) is 0.540. The number of methoxy groups -OCH3 is 1. The molecule has 0 bridgehead atoms. The Balaban J connectivity index is 2.28. The van der Waals surface area contributed by atoms with Crippen molar-refractivity contribution in [2.24, 2.45) is 0 Å². The Kier molecular flexibility index (Phi) is 5.29. The number of carbonyl (C=O) groups is 1. The maximum Gasteiger partial charge on any atom is 0.354 e. The van der Waals surface area contributed by atoms with Gasteiger partial charge in [0.15, 0.2) is 0 Å². The van der Waals surface area contributed by atoms with Crippen LogP contribution in [0.5, 0.6) is 0 Å². The number of nitrogens with zero attached hydrogens (tertiary/aromatic N) is 3. The monoisotopic (exact) mass is 335 g/mol. The number of rotatable bonds is 6. The minimum absolute atomic E-state index is 0.225. The summed E-state index contributed by atoms with van der Waals surface area (Å²) in [6.45, 7) is 0.845. The molecule has 0 spiro atoms. The van der Waals surface area contributed by atoms with Crippen LogP contribution in [0.4, 0.5) is 0 Å². The van der Waals surface area contributed by atoms with Crippen molar-refractivity contribution in [1.82, 2.24) is 9.55 Å². The van der Waals surface area contributed by atoms with Crippen molar-refractivity contribution in [3.05, 3.63) is 29.6 Å². The molecule has 0 aliphatic rings. The first-order chi connectivity index (χ1) is 10.9. The summed E-state index contributed by atoms with van der Waals surface area (Å²) in [5, 5.41) is 9.68. The predicted octanol–water partition coefficient (Wildman–Crippen LogP) is 2.36. The van der Waals surface area contributed by atoms with Gasteiger partial charge < -0.3 is 9.47 Å². The van der Waals surface area contributed by atoms with Crippen LogP contribution >= 0.6 is 10.0 Å². The van der Waals surface area contributed by atoms with Gasteiger partial charge in [0.25, 0.3) is 0 Å². The Morgan fingerprint density at radius 1 is 1.39 bits per heavy atom. The number of hydrogen-bond donors (Lipinski definition) is 0. The molecule has 0 radical (unpaired) electrons. The molecular formula is C16H21N3O3S. The highest BCUT2D eigenvalue weighted by atomic mass is 32.3. The van der Waals surface area contributed by atoms with Crippen molar-refractivity contribution < 1.29 is 14.3 Å². The minimum Gasteiger partial charge on any atom is -0.464 e. The van der Waals surface area contributed by atoms with Crippen molar-refractivity contribution in [2.45, 2.75) is 6.73 Å². The number of fused-ring (bicyclic) bond motifs is 1. The highest BCUT2D eigenvalue weighted by Crippen LogP contribution is 2.33. The highest BCUT2D eigenvalue weighted by Gasteiger charge is 2.17. The van der Waals surface area contributed by atoms with E-state index in [0.29, 0.717) is 23.5 Å². The van der Waals surface area contributed by atoms with E-state index in [2.05, 4.69) is 23.8 Å². The summed E-state index contributed by atoms with van der Waals surface area (Å²) in [7, 11) is 0.710. The molecule has 0 saturated carbocycles. The number of esters is 1. The van der Waals surface area contributed by atoms with E-state index in [4.69, 9.17) is 14.7 Å². The molecule has 23 heavy (non-hydrogen) atoms. The molecule has 0 N–H and O–H groups in total. The molecular weight excluding hydrogens is 314 g/mol. The number of pyridine rings is 1. The van der Waals surface area contributed by atoms with Gasteiger partial charge in [-0.3, -0.25) is 4.57 Å². The molecule has 0 amide bonds. The Morgan fingerprint density at radius 2 is 2.13 bits per heavy atom. The van der Waals surface area contributed by atoms with Crippen LogP contribution in [-0.4, -0.2) is 53.8 Å². The highest BCUT2D eigenvalue weighted by molar-refractivity contribution is 8.32. The first kappa shape index (κ1) is 17.3. The molecule has 0 atom stereocenters. The molecule has 6 nitrogen and oxygen atoms in total. The Hall–Kier alpha value is -2.04. The molecule has 0 aliphatic heterocycles. The standard InChI is InChI=1S/C16H21N3O3S/c1-21-16(20)14-8-13-7-12(9-17)10-18-15(13)19(14)11-22-5-6-23(2,3)4/h7-8,10H,5-6,11H2,1-4H3. The second-order valence-electron chi connectivity index (χ2n) is 6.03. The molecule has 2 aromatic rings. The molecule has 2 rings (SSSR count). The van der Waals surface area contributed by atoms with Gasteiger partial charge in [-0.15, -0.1) is 0 Å². The van der Waals surface area contributed by atoms with Crippen LogP contribution in [0.15, 0.2) is 18.3 Å². The number of carbonyl (C=O) groups excluding carboxylic acids is 1. The van der Waals surface area contributed by atoms with E-state index in [1.165, 1.54) is 13.3 Å². The summed E-state index contributed by atoms with van der Waals surface area (Å²) in [6, 6.07) is 5.42. The first-order valence-electron chi connectivity index (χ1n) is 7.07. The molecule has 0 aliphatic carbocycles. The van der Waals surface area contributed by atoms with Crippen LogP contribution in [0.25, 0.3) is 11.0 Å². The van der Waals surface area contributed by atoms with E-state index in [-0.39, 0.29) is 6.73 Å². The SMILES string of the molecule is COC(=O)c1cc2cc(C#N)cnc2n1COCCS(C)(C)C. The molecule has 0 aromatic carbocycles. The average molecular weight is 335 g/mol. The summed E-state index contributed by atoms with van der Waals surface area (Å²) in [4.78, 5) is 16.2. The molecule has 0 fully saturated rings. The van der Waals surface area contributed by atoms with Crippen molar-refractivity contribution in [3.63, 3.8) is 0 Å². The fraction of sp³-hybridized carbons (Fsp3) is 0.438. The van der Waals surface area contributed by atoms with Gasteiger partial charge in [-0.25, -0.2) is 19.8 Å². The maximum absolute atomic E-state index is 12.0. The smallest absolute Gasteiger partial charge is 0.354 e. The lowest BCUT2D eigenvalue weighted by Crippen LogP contribution is -2.15. The van der Waals surface area contributed by atoms with Crippen LogP contribution in [0.2, 0.25) is 0 Å². The number of ether oxygens (including phenoxy) is 2. The molecule has 2 heterocycles. The third-order valence-electron chi connectivity index (χ3n) is 3.32. The first-order valence-corrected chi connectivity index (χ1v) is 10.1. The third-order valence-corrected chi connectivity index (χ3v) is 4.71. The largest absolute Gasteiger partial charge is 0.464 e. The topological polar surface area (TPSA) is 77.1 Å². The maximum atomic E-state index is 12.0.